The molecule has 1 aromatic rings. The van der Waals surface area contributed by atoms with Crippen molar-refractivity contribution in [3.8, 4) is 0 Å². The molecule has 0 aliphatic carbocycles. The van der Waals surface area contributed by atoms with Crippen molar-refractivity contribution in [2.24, 2.45) is 0 Å². The summed E-state index contributed by atoms with van der Waals surface area (Å²) in [5.74, 6) is 0. The maximum Gasteiger partial charge on any atom is 0.417 e. The Morgan fingerprint density at radius 3 is 2.36 bits per heavy atom. The zero-order valence-electron chi connectivity index (χ0n) is 7.27. The second kappa shape index (κ2) is 3.90. The van der Waals surface area contributed by atoms with Gasteiger partial charge in [-0.15, -0.1) is 0 Å². The van der Waals surface area contributed by atoms with Gasteiger partial charge in [0.1, 0.15) is 0 Å². The first-order valence-electron chi connectivity index (χ1n) is 3.87. The standard InChI is InChI=1S/C9H8BrF3O/c1-5(14)6-3-2-4-7(8(6)10)9(11,12)13/h2-5,14H,1H3/t5-/m1/s1. The first kappa shape index (κ1) is 11.5. The molecule has 0 bridgehead atoms. The fourth-order valence-electron chi connectivity index (χ4n) is 1.09. The molecule has 0 fully saturated rings. The second-order valence-corrected chi connectivity index (χ2v) is 3.68. The lowest BCUT2D eigenvalue weighted by atomic mass is 10.1. The van der Waals surface area contributed by atoms with Gasteiger partial charge in [-0.3, -0.25) is 0 Å². The highest BCUT2D eigenvalue weighted by Crippen LogP contribution is 2.37. The molecule has 0 amide bonds. The van der Waals surface area contributed by atoms with Crippen molar-refractivity contribution < 1.29 is 18.3 Å². The van der Waals surface area contributed by atoms with Gasteiger partial charge in [-0.1, -0.05) is 12.1 Å². The third-order valence-corrected chi connectivity index (χ3v) is 2.67. The van der Waals surface area contributed by atoms with Crippen LogP contribution in [0.2, 0.25) is 0 Å². The van der Waals surface area contributed by atoms with E-state index in [0.29, 0.717) is 0 Å². The zero-order valence-corrected chi connectivity index (χ0v) is 8.85. The molecule has 0 aromatic heterocycles. The van der Waals surface area contributed by atoms with Crippen LogP contribution in [0, 0.1) is 0 Å². The molecule has 1 atom stereocenters. The molecule has 14 heavy (non-hydrogen) atoms. The van der Waals surface area contributed by atoms with Crippen molar-refractivity contribution in [2.75, 3.05) is 0 Å². The van der Waals surface area contributed by atoms with E-state index in [0.717, 1.165) is 6.07 Å². The minimum absolute atomic E-state index is 0.0949. The number of hydrogen-bond donors (Lipinski definition) is 1. The van der Waals surface area contributed by atoms with Crippen LogP contribution in [0.3, 0.4) is 0 Å². The van der Waals surface area contributed by atoms with Gasteiger partial charge in [-0.2, -0.15) is 13.2 Å². The molecule has 5 heteroatoms. The van der Waals surface area contributed by atoms with Crippen molar-refractivity contribution in [1.29, 1.82) is 0 Å². The highest BCUT2D eigenvalue weighted by Gasteiger charge is 2.33. The second-order valence-electron chi connectivity index (χ2n) is 2.88. The van der Waals surface area contributed by atoms with E-state index in [2.05, 4.69) is 15.9 Å². The average Bonchev–Trinajstić information content (AvgIpc) is 2.01. The van der Waals surface area contributed by atoms with E-state index in [1.165, 1.54) is 19.1 Å². The molecule has 0 spiro atoms. The van der Waals surface area contributed by atoms with Gasteiger partial charge in [-0.25, -0.2) is 0 Å². The van der Waals surface area contributed by atoms with Crippen molar-refractivity contribution in [1.82, 2.24) is 0 Å². The molecule has 1 nitrogen and oxygen atoms in total. The molecule has 0 heterocycles. The van der Waals surface area contributed by atoms with Crippen LogP contribution in [-0.2, 0) is 6.18 Å². The number of rotatable bonds is 1. The minimum atomic E-state index is -4.40. The Hall–Kier alpha value is -0.550. The van der Waals surface area contributed by atoms with Crippen LogP contribution in [0.1, 0.15) is 24.2 Å². The van der Waals surface area contributed by atoms with Gasteiger partial charge >= 0.3 is 6.18 Å². The minimum Gasteiger partial charge on any atom is -0.389 e. The maximum absolute atomic E-state index is 12.4. The Kier molecular flexibility index (Phi) is 3.21. The highest BCUT2D eigenvalue weighted by atomic mass is 79.9. The highest BCUT2D eigenvalue weighted by molar-refractivity contribution is 9.10. The van der Waals surface area contributed by atoms with Crippen molar-refractivity contribution in [3.05, 3.63) is 33.8 Å². The quantitative estimate of drug-likeness (QED) is 0.827. The van der Waals surface area contributed by atoms with E-state index < -0.39 is 17.8 Å². The molecule has 78 valence electrons. The van der Waals surface area contributed by atoms with E-state index >= 15 is 0 Å². The number of aliphatic hydroxyl groups is 1. The van der Waals surface area contributed by atoms with Gasteiger partial charge in [0.25, 0.3) is 0 Å². The van der Waals surface area contributed by atoms with Gasteiger partial charge in [-0.05, 0) is 34.5 Å². The lowest BCUT2D eigenvalue weighted by Gasteiger charge is -2.13. The third kappa shape index (κ3) is 2.27. The van der Waals surface area contributed by atoms with Gasteiger partial charge < -0.3 is 5.11 Å². The van der Waals surface area contributed by atoms with Crippen molar-refractivity contribution in [3.63, 3.8) is 0 Å². The molecule has 0 aliphatic heterocycles. The summed E-state index contributed by atoms with van der Waals surface area (Å²) in [7, 11) is 0. The molecule has 1 rings (SSSR count). The molecular weight excluding hydrogens is 261 g/mol. The van der Waals surface area contributed by atoms with Crippen LogP contribution in [0.15, 0.2) is 22.7 Å². The fourth-order valence-corrected chi connectivity index (χ4v) is 1.91. The SMILES string of the molecule is C[C@@H](O)c1cccc(C(F)(F)F)c1Br. The molecule has 0 radical (unpaired) electrons. The van der Waals surface area contributed by atoms with Crippen molar-refractivity contribution >= 4 is 15.9 Å². The maximum atomic E-state index is 12.4. The largest absolute Gasteiger partial charge is 0.417 e. The smallest absolute Gasteiger partial charge is 0.389 e. The summed E-state index contributed by atoms with van der Waals surface area (Å²) >= 11 is 2.84. The average molecular weight is 269 g/mol. The van der Waals surface area contributed by atoms with Crippen LogP contribution < -0.4 is 0 Å². The third-order valence-electron chi connectivity index (χ3n) is 1.78. The number of aliphatic hydroxyl groups excluding tert-OH is 1. The molecular formula is C9H8BrF3O. The monoisotopic (exact) mass is 268 g/mol. The van der Waals surface area contributed by atoms with Crippen LogP contribution in [-0.4, -0.2) is 5.11 Å². The fraction of sp³-hybridized carbons (Fsp3) is 0.333. The summed E-state index contributed by atoms with van der Waals surface area (Å²) in [6.07, 6.45) is -5.32. The van der Waals surface area contributed by atoms with Gasteiger partial charge in [0, 0.05) is 4.47 Å². The normalized spacial score (nSPS) is 14.1. The van der Waals surface area contributed by atoms with Gasteiger partial charge in [0.15, 0.2) is 0 Å². The van der Waals surface area contributed by atoms with Gasteiger partial charge in [0.2, 0.25) is 0 Å². The van der Waals surface area contributed by atoms with Crippen LogP contribution >= 0.6 is 15.9 Å². The Morgan fingerprint density at radius 2 is 1.93 bits per heavy atom. The van der Waals surface area contributed by atoms with E-state index in [-0.39, 0.29) is 10.0 Å². The molecule has 0 saturated heterocycles. The summed E-state index contributed by atoms with van der Waals surface area (Å²) in [4.78, 5) is 0. The number of benzene rings is 1. The van der Waals surface area contributed by atoms with Crippen LogP contribution in [0.25, 0.3) is 0 Å². The number of alkyl halides is 3. The number of halogens is 4. The summed E-state index contributed by atoms with van der Waals surface area (Å²) in [5, 5.41) is 9.20. The number of hydrogen-bond acceptors (Lipinski definition) is 1. The van der Waals surface area contributed by atoms with E-state index in [1.807, 2.05) is 0 Å². The van der Waals surface area contributed by atoms with Crippen molar-refractivity contribution in [2.45, 2.75) is 19.2 Å². The summed E-state index contributed by atoms with van der Waals surface area (Å²) in [5.41, 5.74) is -0.532. The molecule has 0 unspecified atom stereocenters. The lowest BCUT2D eigenvalue weighted by Crippen LogP contribution is -2.08. The Balaban J connectivity index is 3.28. The lowest BCUT2D eigenvalue weighted by molar-refractivity contribution is -0.138. The molecule has 1 aromatic carbocycles. The van der Waals surface area contributed by atoms with E-state index in [4.69, 9.17) is 0 Å². The predicted octanol–water partition coefficient (Wildman–Crippen LogP) is 3.52. The van der Waals surface area contributed by atoms with Crippen LogP contribution in [0.4, 0.5) is 13.2 Å². The van der Waals surface area contributed by atoms with E-state index in [1.54, 1.807) is 0 Å². The zero-order chi connectivity index (χ0) is 10.9. The summed E-state index contributed by atoms with van der Waals surface area (Å²) in [6.45, 7) is 1.42. The Labute approximate surface area is 87.7 Å². The van der Waals surface area contributed by atoms with E-state index in [9.17, 15) is 18.3 Å². The molecule has 0 saturated carbocycles. The van der Waals surface area contributed by atoms with Crippen LogP contribution in [0.5, 0.6) is 0 Å². The Morgan fingerprint density at radius 1 is 1.36 bits per heavy atom. The summed E-state index contributed by atoms with van der Waals surface area (Å²) in [6, 6.07) is 3.69. The summed E-state index contributed by atoms with van der Waals surface area (Å²) < 4.78 is 37.0. The molecule has 1 N–H and O–H groups in total. The van der Waals surface area contributed by atoms with Gasteiger partial charge in [0.05, 0.1) is 11.7 Å². The first-order valence-corrected chi connectivity index (χ1v) is 4.67. The Bertz CT molecular complexity index is 333. The molecule has 0 aliphatic rings. The first-order chi connectivity index (χ1) is 6.34. The topological polar surface area (TPSA) is 20.2 Å². The predicted molar refractivity (Wildman–Crippen MR) is 49.8 cm³/mol.